The van der Waals surface area contributed by atoms with Crippen molar-refractivity contribution in [1.82, 2.24) is 5.32 Å². The molecule has 1 N–H and O–H groups in total. The molecular weight excluding hydrogens is 238 g/mol. The van der Waals surface area contributed by atoms with Gasteiger partial charge in [0.1, 0.15) is 6.04 Å². The minimum atomic E-state index is -0.273. The Hall–Kier alpha value is -1.06. The van der Waals surface area contributed by atoms with E-state index in [2.05, 4.69) is 5.32 Å². The molecule has 0 aliphatic rings. The van der Waals surface area contributed by atoms with E-state index in [1.165, 1.54) is 7.11 Å². The Balaban J connectivity index is 2.67. The van der Waals surface area contributed by atoms with Gasteiger partial charge >= 0.3 is 5.97 Å². The fourth-order valence-electron chi connectivity index (χ4n) is 1.64. The molecule has 0 aliphatic heterocycles. The van der Waals surface area contributed by atoms with Gasteiger partial charge in [-0.1, -0.05) is 30.7 Å². The molecule has 0 aliphatic carbocycles. The van der Waals surface area contributed by atoms with Gasteiger partial charge in [0.05, 0.1) is 7.11 Å². The summed E-state index contributed by atoms with van der Waals surface area (Å²) in [4.78, 5) is 11.5. The maximum Gasteiger partial charge on any atom is 0.322 e. The molecule has 0 radical (unpaired) electrons. The number of halogens is 1. The molecule has 0 saturated heterocycles. The maximum absolute atomic E-state index is 11.5. The Morgan fingerprint density at radius 1 is 1.41 bits per heavy atom. The van der Waals surface area contributed by atoms with Gasteiger partial charge in [-0.2, -0.15) is 0 Å². The number of nitrogens with one attached hydrogen (secondary N) is 1. The summed E-state index contributed by atoms with van der Waals surface area (Å²) in [6, 6.07) is 7.39. The first-order chi connectivity index (χ1) is 8.08. The first-order valence-corrected chi connectivity index (χ1v) is 6.05. The van der Waals surface area contributed by atoms with E-state index in [9.17, 15) is 4.79 Å². The van der Waals surface area contributed by atoms with Crippen molar-refractivity contribution in [3.63, 3.8) is 0 Å². The van der Waals surface area contributed by atoms with Gasteiger partial charge < -0.3 is 4.74 Å². The summed E-state index contributed by atoms with van der Waals surface area (Å²) in [6.07, 6.45) is 0.699. The molecule has 0 saturated carbocycles. The third-order valence-corrected chi connectivity index (χ3v) is 2.97. The van der Waals surface area contributed by atoms with Crippen LogP contribution in [-0.4, -0.2) is 19.1 Å². The van der Waals surface area contributed by atoms with Crippen LogP contribution in [0.4, 0.5) is 0 Å². The highest BCUT2D eigenvalue weighted by Gasteiger charge is 2.19. The predicted octanol–water partition coefficient (Wildman–Crippen LogP) is 2.94. The number of esters is 1. The molecule has 2 atom stereocenters. The molecule has 0 amide bonds. The number of hydrogen-bond donors (Lipinski definition) is 1. The zero-order chi connectivity index (χ0) is 12.8. The summed E-state index contributed by atoms with van der Waals surface area (Å²) in [6.45, 7) is 3.96. The Labute approximate surface area is 107 Å². The van der Waals surface area contributed by atoms with Gasteiger partial charge in [-0.15, -0.1) is 0 Å². The van der Waals surface area contributed by atoms with E-state index in [1.807, 2.05) is 38.1 Å². The third-order valence-electron chi connectivity index (χ3n) is 2.72. The van der Waals surface area contributed by atoms with Gasteiger partial charge in [0.15, 0.2) is 0 Å². The van der Waals surface area contributed by atoms with Crippen molar-refractivity contribution in [3.05, 3.63) is 34.9 Å². The lowest BCUT2D eigenvalue weighted by molar-refractivity contribution is -0.143. The second kappa shape index (κ2) is 6.62. The van der Waals surface area contributed by atoms with Gasteiger partial charge in [0, 0.05) is 11.1 Å². The quantitative estimate of drug-likeness (QED) is 0.822. The van der Waals surface area contributed by atoms with Crippen LogP contribution >= 0.6 is 11.6 Å². The normalized spacial score (nSPS) is 14.1. The van der Waals surface area contributed by atoms with Gasteiger partial charge in [-0.3, -0.25) is 10.1 Å². The predicted molar refractivity (Wildman–Crippen MR) is 69.1 cm³/mol. The SMILES string of the molecule is CCC(NC(C)c1ccc(Cl)cc1)C(=O)OC. The lowest BCUT2D eigenvalue weighted by atomic mass is 10.1. The van der Waals surface area contributed by atoms with Crippen molar-refractivity contribution in [2.45, 2.75) is 32.4 Å². The molecule has 2 unspecified atom stereocenters. The Kier molecular flexibility index (Phi) is 5.45. The van der Waals surface area contributed by atoms with Crippen LogP contribution in [0.2, 0.25) is 5.02 Å². The van der Waals surface area contributed by atoms with Crippen LogP contribution in [0.25, 0.3) is 0 Å². The standard InChI is InChI=1S/C13H18ClNO2/c1-4-12(13(16)17-3)15-9(2)10-5-7-11(14)8-6-10/h5-9,12,15H,4H2,1-3H3. The van der Waals surface area contributed by atoms with E-state index >= 15 is 0 Å². The Morgan fingerprint density at radius 2 is 2.00 bits per heavy atom. The highest BCUT2D eigenvalue weighted by molar-refractivity contribution is 6.30. The Bertz CT molecular complexity index is 364. The second-order valence-corrected chi connectivity index (χ2v) is 4.36. The number of rotatable bonds is 5. The average molecular weight is 256 g/mol. The Morgan fingerprint density at radius 3 is 2.47 bits per heavy atom. The van der Waals surface area contributed by atoms with Crippen LogP contribution < -0.4 is 5.32 Å². The molecular formula is C13H18ClNO2. The monoisotopic (exact) mass is 255 g/mol. The lowest BCUT2D eigenvalue weighted by Crippen LogP contribution is -2.38. The van der Waals surface area contributed by atoms with Gasteiger partial charge in [0.2, 0.25) is 0 Å². The molecule has 1 aromatic carbocycles. The van der Waals surface area contributed by atoms with Crippen molar-refractivity contribution < 1.29 is 9.53 Å². The van der Waals surface area contributed by atoms with E-state index in [0.29, 0.717) is 11.4 Å². The number of carbonyl (C=O) groups is 1. The summed E-state index contributed by atoms with van der Waals surface area (Å²) in [5, 5.41) is 3.94. The minimum Gasteiger partial charge on any atom is -0.468 e. The molecule has 0 heterocycles. The summed E-state index contributed by atoms with van der Waals surface area (Å²) >= 11 is 5.83. The minimum absolute atomic E-state index is 0.0799. The second-order valence-electron chi connectivity index (χ2n) is 3.92. The summed E-state index contributed by atoms with van der Waals surface area (Å²) in [7, 11) is 1.40. The van der Waals surface area contributed by atoms with Crippen LogP contribution in [0.3, 0.4) is 0 Å². The third kappa shape index (κ3) is 4.02. The van der Waals surface area contributed by atoms with E-state index < -0.39 is 0 Å². The van der Waals surface area contributed by atoms with Crippen molar-refractivity contribution in [2.75, 3.05) is 7.11 Å². The van der Waals surface area contributed by atoms with Gasteiger partial charge in [-0.25, -0.2) is 0 Å². The van der Waals surface area contributed by atoms with Crippen LogP contribution in [0.1, 0.15) is 31.9 Å². The van der Waals surface area contributed by atoms with Crippen molar-refractivity contribution in [3.8, 4) is 0 Å². The van der Waals surface area contributed by atoms with Crippen molar-refractivity contribution in [1.29, 1.82) is 0 Å². The van der Waals surface area contributed by atoms with Crippen LogP contribution in [-0.2, 0) is 9.53 Å². The first kappa shape index (κ1) is 14.0. The smallest absolute Gasteiger partial charge is 0.322 e. The van der Waals surface area contributed by atoms with Crippen LogP contribution in [0, 0.1) is 0 Å². The van der Waals surface area contributed by atoms with E-state index in [-0.39, 0.29) is 18.1 Å². The van der Waals surface area contributed by atoms with Gasteiger partial charge in [-0.05, 0) is 31.0 Å². The lowest BCUT2D eigenvalue weighted by Gasteiger charge is -2.20. The number of hydrogen-bond acceptors (Lipinski definition) is 3. The highest BCUT2D eigenvalue weighted by Crippen LogP contribution is 2.17. The van der Waals surface area contributed by atoms with Crippen LogP contribution in [0.5, 0.6) is 0 Å². The molecule has 0 bridgehead atoms. The van der Waals surface area contributed by atoms with Crippen molar-refractivity contribution in [2.24, 2.45) is 0 Å². The van der Waals surface area contributed by atoms with Gasteiger partial charge in [0.25, 0.3) is 0 Å². The average Bonchev–Trinajstić information content (AvgIpc) is 2.35. The maximum atomic E-state index is 11.5. The topological polar surface area (TPSA) is 38.3 Å². The molecule has 1 aromatic rings. The molecule has 0 aromatic heterocycles. The molecule has 94 valence electrons. The number of ether oxygens (including phenoxy) is 1. The first-order valence-electron chi connectivity index (χ1n) is 5.67. The highest BCUT2D eigenvalue weighted by atomic mass is 35.5. The molecule has 1 rings (SSSR count). The van der Waals surface area contributed by atoms with Crippen molar-refractivity contribution >= 4 is 17.6 Å². The number of carbonyl (C=O) groups excluding carboxylic acids is 1. The summed E-state index contributed by atoms with van der Waals surface area (Å²) in [5.41, 5.74) is 1.09. The van der Waals surface area contributed by atoms with Crippen LogP contribution in [0.15, 0.2) is 24.3 Å². The number of benzene rings is 1. The number of methoxy groups -OCH3 is 1. The largest absolute Gasteiger partial charge is 0.468 e. The summed E-state index contributed by atoms with van der Waals surface area (Å²) in [5.74, 6) is -0.228. The van der Waals surface area contributed by atoms with E-state index in [4.69, 9.17) is 16.3 Å². The fraction of sp³-hybridized carbons (Fsp3) is 0.462. The molecule has 17 heavy (non-hydrogen) atoms. The fourth-order valence-corrected chi connectivity index (χ4v) is 1.77. The molecule has 3 nitrogen and oxygen atoms in total. The molecule has 0 spiro atoms. The molecule has 4 heteroatoms. The van der Waals surface area contributed by atoms with E-state index in [0.717, 1.165) is 5.56 Å². The summed E-state index contributed by atoms with van der Waals surface area (Å²) < 4.78 is 4.74. The zero-order valence-electron chi connectivity index (χ0n) is 10.4. The van der Waals surface area contributed by atoms with E-state index in [1.54, 1.807) is 0 Å². The molecule has 0 fully saturated rings. The zero-order valence-corrected chi connectivity index (χ0v) is 11.1.